The van der Waals surface area contributed by atoms with Crippen LogP contribution < -0.4 is 4.74 Å². The summed E-state index contributed by atoms with van der Waals surface area (Å²) in [5, 5.41) is 21.9. The van der Waals surface area contributed by atoms with Crippen molar-refractivity contribution in [1.29, 1.82) is 0 Å². The lowest BCUT2D eigenvalue weighted by atomic mass is 10.0. The van der Waals surface area contributed by atoms with Gasteiger partial charge in [-0.15, -0.1) is 0 Å². The molecule has 1 saturated heterocycles. The van der Waals surface area contributed by atoms with Gasteiger partial charge in [0, 0.05) is 91.4 Å². The summed E-state index contributed by atoms with van der Waals surface area (Å²) < 4.78 is 57.0. The maximum Gasteiger partial charge on any atom is 0.341 e. The molecule has 4 unspecified atom stereocenters. The van der Waals surface area contributed by atoms with Crippen LogP contribution in [0.4, 0.5) is 5.69 Å². The van der Waals surface area contributed by atoms with Crippen LogP contribution in [0.5, 0.6) is 5.75 Å². The summed E-state index contributed by atoms with van der Waals surface area (Å²) in [5.41, 5.74) is -0.377. The van der Waals surface area contributed by atoms with Crippen molar-refractivity contribution < 1.29 is 61.5 Å². The van der Waals surface area contributed by atoms with Gasteiger partial charge in [0.25, 0.3) is 5.69 Å². The third-order valence-electron chi connectivity index (χ3n) is 7.18. The summed E-state index contributed by atoms with van der Waals surface area (Å²) in [6.45, 7) is 0.206. The number of hydrogen-bond donors (Lipinski definition) is 4. The van der Waals surface area contributed by atoms with Crippen LogP contribution in [0.15, 0.2) is 18.2 Å². The maximum atomic E-state index is 12.8. The first kappa shape index (κ1) is 39.4. The first-order chi connectivity index (χ1) is 21.0. The molecule has 1 aliphatic heterocycles. The lowest BCUT2D eigenvalue weighted by Gasteiger charge is -2.36. The second-order valence-electron chi connectivity index (χ2n) is 10.2. The average molecular weight is 706 g/mol. The molecular weight excluding hydrogens is 663 g/mol. The van der Waals surface area contributed by atoms with Gasteiger partial charge >= 0.3 is 28.8 Å². The van der Waals surface area contributed by atoms with Gasteiger partial charge in [0.1, 0.15) is 30.6 Å². The predicted molar refractivity (Wildman–Crippen MR) is 161 cm³/mol. The van der Waals surface area contributed by atoms with E-state index in [0.29, 0.717) is 0 Å². The van der Waals surface area contributed by atoms with Crippen LogP contribution in [0.2, 0.25) is 0 Å². The molecular formula is C23H42N5O14P3. The molecule has 258 valence electrons. The third-order valence-corrected chi connectivity index (χ3v) is 11.2. The lowest BCUT2D eigenvalue weighted by Crippen LogP contribution is -2.48. The molecule has 1 heterocycles. The summed E-state index contributed by atoms with van der Waals surface area (Å²) in [6, 6.07) is 2.07. The first-order valence-electron chi connectivity index (χ1n) is 13.5. The number of hydrogen-bond acceptors (Lipinski definition) is 14. The molecule has 4 atom stereocenters. The fourth-order valence-electron chi connectivity index (χ4n) is 4.70. The Morgan fingerprint density at radius 3 is 1.49 bits per heavy atom. The number of aliphatic carboxylic acids is 1. The molecule has 4 N–H and O–H groups in total. The van der Waals surface area contributed by atoms with Crippen molar-refractivity contribution in [3.63, 3.8) is 0 Å². The summed E-state index contributed by atoms with van der Waals surface area (Å²) in [4.78, 5) is 60.4. The largest absolute Gasteiger partial charge is 0.496 e. The molecule has 1 aromatic carbocycles. The Hall–Kier alpha value is -1.82. The zero-order valence-electron chi connectivity index (χ0n) is 25.5. The Kier molecular flexibility index (Phi) is 15.2. The van der Waals surface area contributed by atoms with E-state index in [0.717, 1.165) is 27.4 Å². The topological polar surface area (TPSA) is 242 Å². The van der Waals surface area contributed by atoms with Crippen molar-refractivity contribution in [2.45, 2.75) is 6.04 Å². The average Bonchev–Trinajstić information content (AvgIpc) is 2.97. The summed E-state index contributed by atoms with van der Waals surface area (Å²) in [5.74, 6) is -1.29. The molecule has 22 heteroatoms. The number of nitrogens with zero attached hydrogens (tertiary/aromatic N) is 5. The van der Waals surface area contributed by atoms with Gasteiger partial charge in [-0.1, -0.05) is 0 Å². The molecule has 0 aromatic heterocycles. The highest BCUT2D eigenvalue weighted by Gasteiger charge is 2.34. The fraction of sp³-hybridized carbons (Fsp3) is 0.696. The molecule has 1 fully saturated rings. The number of nitro benzene ring substituents is 1. The van der Waals surface area contributed by atoms with Crippen LogP contribution in [-0.4, -0.2) is 150 Å². The Bertz CT molecular complexity index is 1260. The zero-order valence-corrected chi connectivity index (χ0v) is 28.2. The second kappa shape index (κ2) is 17.4. The maximum absolute atomic E-state index is 12.8. The van der Waals surface area contributed by atoms with Crippen LogP contribution in [0.1, 0.15) is 11.6 Å². The van der Waals surface area contributed by atoms with Crippen LogP contribution in [0.3, 0.4) is 0 Å². The highest BCUT2D eigenvalue weighted by atomic mass is 31.2. The Morgan fingerprint density at radius 2 is 1.18 bits per heavy atom. The number of rotatable bonds is 14. The van der Waals surface area contributed by atoms with Crippen molar-refractivity contribution in [1.82, 2.24) is 19.6 Å². The van der Waals surface area contributed by atoms with E-state index in [1.165, 1.54) is 33.9 Å². The second-order valence-corrected chi connectivity index (χ2v) is 16.0. The van der Waals surface area contributed by atoms with Gasteiger partial charge < -0.3 is 38.1 Å². The molecule has 2 rings (SSSR count). The van der Waals surface area contributed by atoms with Crippen LogP contribution in [-0.2, 0) is 32.1 Å². The van der Waals surface area contributed by atoms with Crippen molar-refractivity contribution in [3.05, 3.63) is 33.9 Å². The monoisotopic (exact) mass is 705 g/mol. The van der Waals surface area contributed by atoms with Crippen molar-refractivity contribution in [2.24, 2.45) is 0 Å². The van der Waals surface area contributed by atoms with E-state index in [1.807, 2.05) is 0 Å². The molecule has 0 aliphatic carbocycles. The van der Waals surface area contributed by atoms with E-state index >= 15 is 0 Å². The van der Waals surface area contributed by atoms with Gasteiger partial charge in [0.2, 0.25) is 0 Å². The van der Waals surface area contributed by atoms with E-state index in [4.69, 9.17) is 18.3 Å². The van der Waals surface area contributed by atoms with E-state index < -0.39 is 58.6 Å². The number of non-ortho nitro benzene ring substituents is 1. The van der Waals surface area contributed by atoms with Gasteiger partial charge in [-0.3, -0.25) is 48.2 Å². The number of methoxy groups -OCH3 is 1. The minimum Gasteiger partial charge on any atom is -0.496 e. The number of carbonyl (C=O) groups is 1. The predicted octanol–water partition coefficient (Wildman–Crippen LogP) is 1.32. The molecule has 1 aromatic rings. The van der Waals surface area contributed by atoms with Crippen LogP contribution in [0, 0.1) is 10.1 Å². The number of carboxylic acids is 1. The van der Waals surface area contributed by atoms with E-state index in [-0.39, 0.29) is 69.4 Å². The molecule has 0 bridgehead atoms. The van der Waals surface area contributed by atoms with E-state index in [1.54, 1.807) is 4.90 Å². The minimum atomic E-state index is -4.11. The Labute approximate surface area is 261 Å². The van der Waals surface area contributed by atoms with Crippen molar-refractivity contribution in [3.8, 4) is 5.75 Å². The molecule has 0 spiro atoms. The zero-order chi connectivity index (χ0) is 34.0. The molecule has 19 nitrogen and oxygen atoms in total. The van der Waals surface area contributed by atoms with Gasteiger partial charge in [-0.2, -0.15) is 0 Å². The minimum absolute atomic E-state index is 0.000397. The van der Waals surface area contributed by atoms with Crippen molar-refractivity contribution in [2.75, 3.05) is 99.7 Å². The highest BCUT2D eigenvalue weighted by Crippen LogP contribution is 2.43. The quantitative estimate of drug-likeness (QED) is 0.121. The third kappa shape index (κ3) is 12.7. The smallest absolute Gasteiger partial charge is 0.341 e. The standard InChI is InChI=1S/C23H42N5O14P3/c1-39-21-6-5-19(28(31)32)15-20(21)22(23(29)30)27-13-11-25(17-44(35,36)41-3)9-7-24(16-43(33,34)40-2)8-10-26(12-14-27)18-45(37,38)42-4/h5-6,15,22H,7-14,16-18H2,1-4H3,(H,29,30)(H,33,34)(H,35,36)(H,37,38). The van der Waals surface area contributed by atoms with Gasteiger partial charge in [-0.25, -0.2) is 0 Å². The van der Waals surface area contributed by atoms with Gasteiger partial charge in [0.15, 0.2) is 0 Å². The molecule has 0 amide bonds. The summed E-state index contributed by atoms with van der Waals surface area (Å²) in [6.07, 6.45) is -1.29. The molecule has 45 heavy (non-hydrogen) atoms. The highest BCUT2D eigenvalue weighted by molar-refractivity contribution is 7.53. The summed E-state index contributed by atoms with van der Waals surface area (Å²) in [7, 11) is -7.74. The first-order valence-corrected chi connectivity index (χ1v) is 18.8. The Balaban J connectivity index is 2.58. The summed E-state index contributed by atoms with van der Waals surface area (Å²) >= 11 is 0. The fourth-order valence-corrected chi connectivity index (χ4v) is 7.41. The van der Waals surface area contributed by atoms with Gasteiger partial charge in [0.05, 0.1) is 12.0 Å². The lowest BCUT2D eigenvalue weighted by molar-refractivity contribution is -0.385. The number of nitro groups is 1. The number of benzene rings is 1. The number of ether oxygens (including phenoxy) is 1. The SMILES string of the molecule is COc1ccc([N+](=O)[O-])cc1C(C(=O)O)N1CCN(CP(=O)(O)OC)CCN(CP(=O)(O)OC)CCN(CP(=O)(O)OC)CC1. The molecule has 0 saturated carbocycles. The molecule has 1 aliphatic rings. The molecule has 0 radical (unpaired) electrons. The normalized spacial score (nSPS) is 21.8. The number of carboxylic acid groups (broad SMARTS) is 1. The Morgan fingerprint density at radius 1 is 0.800 bits per heavy atom. The van der Waals surface area contributed by atoms with Gasteiger partial charge in [-0.05, 0) is 6.07 Å². The van der Waals surface area contributed by atoms with E-state index in [9.17, 15) is 48.4 Å². The van der Waals surface area contributed by atoms with Crippen LogP contribution in [0.25, 0.3) is 0 Å². The van der Waals surface area contributed by atoms with E-state index in [2.05, 4.69) is 0 Å². The van der Waals surface area contributed by atoms with Crippen molar-refractivity contribution >= 4 is 34.4 Å². The van der Waals surface area contributed by atoms with Crippen LogP contribution >= 0.6 is 22.8 Å².